The number of aromatic nitrogens is 1. The first-order chi connectivity index (χ1) is 9.13. The van der Waals surface area contributed by atoms with Crippen molar-refractivity contribution >= 4 is 28.4 Å². The second-order valence-corrected chi connectivity index (χ2v) is 5.67. The minimum atomic E-state index is 0.182. The van der Waals surface area contributed by atoms with Crippen molar-refractivity contribution in [2.75, 3.05) is 13.1 Å². The molecule has 2 heterocycles. The van der Waals surface area contributed by atoms with Crippen LogP contribution >= 0.6 is 11.6 Å². The molecule has 1 amide bonds. The maximum atomic E-state index is 11.3. The summed E-state index contributed by atoms with van der Waals surface area (Å²) in [6, 6.07) is 8.10. The minimum Gasteiger partial charge on any atom is -0.358 e. The molecule has 3 rings (SSSR count). The maximum Gasteiger partial charge on any atom is 0.219 e. The first-order valence-corrected chi connectivity index (χ1v) is 7.05. The van der Waals surface area contributed by atoms with Crippen LogP contribution in [0, 0.1) is 0 Å². The molecule has 2 aromatic rings. The number of carbonyl (C=O) groups is 1. The summed E-state index contributed by atoms with van der Waals surface area (Å²) in [7, 11) is 0. The van der Waals surface area contributed by atoms with Crippen LogP contribution < -0.4 is 0 Å². The summed E-state index contributed by atoms with van der Waals surface area (Å²) in [5, 5.41) is 1.93. The number of carbonyl (C=O) groups excluding carboxylic acids is 1. The SMILES string of the molecule is CC(=O)N1CCC(c2cc3cc(Cl)ccc3[nH]2)CC1. The Labute approximate surface area is 117 Å². The minimum absolute atomic E-state index is 0.182. The number of nitrogens with zero attached hydrogens (tertiary/aromatic N) is 1. The van der Waals surface area contributed by atoms with E-state index < -0.39 is 0 Å². The molecule has 0 spiro atoms. The molecule has 3 nitrogen and oxygen atoms in total. The number of nitrogens with one attached hydrogen (secondary N) is 1. The molecule has 0 radical (unpaired) electrons. The normalized spacial score (nSPS) is 17.1. The van der Waals surface area contributed by atoms with Gasteiger partial charge in [0.05, 0.1) is 0 Å². The van der Waals surface area contributed by atoms with Crippen LogP contribution in [-0.4, -0.2) is 28.9 Å². The molecule has 0 aliphatic carbocycles. The monoisotopic (exact) mass is 276 g/mol. The smallest absolute Gasteiger partial charge is 0.219 e. The number of amides is 1. The molecule has 0 unspecified atom stereocenters. The van der Waals surface area contributed by atoms with Gasteiger partial charge in [-0.3, -0.25) is 4.79 Å². The van der Waals surface area contributed by atoms with E-state index in [1.165, 1.54) is 5.69 Å². The van der Waals surface area contributed by atoms with Gasteiger partial charge in [0.1, 0.15) is 0 Å². The molecule has 0 atom stereocenters. The Morgan fingerprint density at radius 1 is 1.32 bits per heavy atom. The molecule has 1 saturated heterocycles. The van der Waals surface area contributed by atoms with Gasteiger partial charge in [0.15, 0.2) is 0 Å². The van der Waals surface area contributed by atoms with E-state index in [0.717, 1.165) is 41.9 Å². The predicted octanol–water partition coefficient (Wildman–Crippen LogP) is 3.55. The second-order valence-electron chi connectivity index (χ2n) is 5.24. The second kappa shape index (κ2) is 4.89. The Hall–Kier alpha value is -1.48. The lowest BCUT2D eigenvalue weighted by Crippen LogP contribution is -2.36. The topological polar surface area (TPSA) is 36.1 Å². The van der Waals surface area contributed by atoms with Crippen molar-refractivity contribution in [3.05, 3.63) is 35.0 Å². The maximum absolute atomic E-state index is 11.3. The third-order valence-electron chi connectivity index (χ3n) is 3.98. The highest BCUT2D eigenvalue weighted by Crippen LogP contribution is 2.30. The van der Waals surface area contributed by atoms with Crippen molar-refractivity contribution in [1.82, 2.24) is 9.88 Å². The fourth-order valence-electron chi connectivity index (χ4n) is 2.85. The Morgan fingerprint density at radius 3 is 2.74 bits per heavy atom. The highest BCUT2D eigenvalue weighted by Gasteiger charge is 2.23. The van der Waals surface area contributed by atoms with Crippen LogP contribution in [0.3, 0.4) is 0 Å². The van der Waals surface area contributed by atoms with Gasteiger partial charge >= 0.3 is 0 Å². The molecule has 1 aromatic heterocycles. The number of piperidine rings is 1. The van der Waals surface area contributed by atoms with Gasteiger partial charge in [-0.2, -0.15) is 0 Å². The third kappa shape index (κ3) is 2.47. The molecular formula is C15H17ClN2O. The van der Waals surface area contributed by atoms with E-state index in [1.807, 2.05) is 23.1 Å². The number of likely N-dealkylation sites (tertiary alicyclic amines) is 1. The van der Waals surface area contributed by atoms with Crippen LogP contribution in [-0.2, 0) is 4.79 Å². The lowest BCUT2D eigenvalue weighted by Gasteiger charge is -2.30. The summed E-state index contributed by atoms with van der Waals surface area (Å²) >= 11 is 6.01. The Kier molecular flexibility index (Phi) is 3.23. The van der Waals surface area contributed by atoms with Crippen molar-refractivity contribution in [3.63, 3.8) is 0 Å². The number of rotatable bonds is 1. The lowest BCUT2D eigenvalue weighted by molar-refractivity contribution is -0.129. The van der Waals surface area contributed by atoms with Gasteiger partial charge in [-0.15, -0.1) is 0 Å². The van der Waals surface area contributed by atoms with Crippen molar-refractivity contribution in [2.45, 2.75) is 25.7 Å². The number of benzene rings is 1. The van der Waals surface area contributed by atoms with Crippen LogP contribution in [0.25, 0.3) is 10.9 Å². The van der Waals surface area contributed by atoms with Crippen molar-refractivity contribution in [1.29, 1.82) is 0 Å². The summed E-state index contributed by atoms with van der Waals surface area (Å²) < 4.78 is 0. The fraction of sp³-hybridized carbons (Fsp3) is 0.400. The van der Waals surface area contributed by atoms with Crippen LogP contribution in [0.1, 0.15) is 31.4 Å². The average molecular weight is 277 g/mol. The summed E-state index contributed by atoms with van der Waals surface area (Å²) in [6.07, 6.45) is 2.06. The molecule has 1 fully saturated rings. The van der Waals surface area contributed by atoms with Crippen molar-refractivity contribution in [2.24, 2.45) is 0 Å². The van der Waals surface area contributed by atoms with Crippen LogP contribution in [0.4, 0.5) is 0 Å². The largest absolute Gasteiger partial charge is 0.358 e. The Bertz CT molecular complexity index is 612. The summed E-state index contributed by atoms with van der Waals surface area (Å²) in [5.41, 5.74) is 2.40. The molecule has 0 saturated carbocycles. The molecule has 1 aliphatic rings. The molecule has 1 aliphatic heterocycles. The van der Waals surface area contributed by atoms with E-state index in [0.29, 0.717) is 5.92 Å². The molecular weight excluding hydrogens is 260 g/mol. The summed E-state index contributed by atoms with van der Waals surface area (Å²) in [5.74, 6) is 0.698. The van der Waals surface area contributed by atoms with Gasteiger partial charge in [0.25, 0.3) is 0 Å². The van der Waals surface area contributed by atoms with E-state index in [-0.39, 0.29) is 5.91 Å². The van der Waals surface area contributed by atoms with Gasteiger partial charge in [-0.05, 0) is 37.1 Å². The summed E-state index contributed by atoms with van der Waals surface area (Å²) in [4.78, 5) is 16.7. The van der Waals surface area contributed by atoms with Crippen molar-refractivity contribution < 1.29 is 4.79 Å². The van der Waals surface area contributed by atoms with Crippen LogP contribution in [0.5, 0.6) is 0 Å². The molecule has 19 heavy (non-hydrogen) atoms. The first-order valence-electron chi connectivity index (χ1n) is 6.67. The standard InChI is InChI=1S/C15H17ClN2O/c1-10(19)18-6-4-11(5-7-18)15-9-12-8-13(16)2-3-14(12)17-15/h2-3,8-9,11,17H,4-7H2,1H3. The number of halogens is 1. The number of hydrogen-bond donors (Lipinski definition) is 1. The van der Waals surface area contributed by atoms with Crippen LogP contribution in [0.2, 0.25) is 5.02 Å². The molecule has 4 heteroatoms. The predicted molar refractivity (Wildman–Crippen MR) is 77.5 cm³/mol. The molecule has 0 bridgehead atoms. The first kappa shape index (κ1) is 12.5. The third-order valence-corrected chi connectivity index (χ3v) is 4.22. The van der Waals surface area contributed by atoms with Gasteiger partial charge in [-0.25, -0.2) is 0 Å². The van der Waals surface area contributed by atoms with E-state index in [4.69, 9.17) is 11.6 Å². The Morgan fingerprint density at radius 2 is 2.05 bits per heavy atom. The van der Waals surface area contributed by atoms with E-state index >= 15 is 0 Å². The average Bonchev–Trinajstić information content (AvgIpc) is 2.81. The van der Waals surface area contributed by atoms with E-state index in [9.17, 15) is 4.79 Å². The highest BCUT2D eigenvalue weighted by molar-refractivity contribution is 6.31. The number of aromatic amines is 1. The fourth-order valence-corrected chi connectivity index (χ4v) is 3.03. The van der Waals surface area contributed by atoms with E-state index in [1.54, 1.807) is 6.92 Å². The lowest BCUT2D eigenvalue weighted by atomic mass is 9.93. The summed E-state index contributed by atoms with van der Waals surface area (Å²) in [6.45, 7) is 3.36. The highest BCUT2D eigenvalue weighted by atomic mass is 35.5. The zero-order valence-electron chi connectivity index (χ0n) is 10.9. The number of fused-ring (bicyclic) bond motifs is 1. The van der Waals surface area contributed by atoms with Crippen LogP contribution in [0.15, 0.2) is 24.3 Å². The molecule has 1 N–H and O–H groups in total. The number of hydrogen-bond acceptors (Lipinski definition) is 1. The molecule has 100 valence electrons. The molecule has 1 aromatic carbocycles. The van der Waals surface area contributed by atoms with Gasteiger partial charge in [0.2, 0.25) is 5.91 Å². The van der Waals surface area contributed by atoms with Gasteiger partial charge in [0, 0.05) is 47.6 Å². The zero-order chi connectivity index (χ0) is 13.4. The van der Waals surface area contributed by atoms with Crippen molar-refractivity contribution in [3.8, 4) is 0 Å². The van der Waals surface area contributed by atoms with Gasteiger partial charge < -0.3 is 9.88 Å². The zero-order valence-corrected chi connectivity index (χ0v) is 11.7. The Balaban J connectivity index is 1.80. The number of H-pyrrole nitrogens is 1. The van der Waals surface area contributed by atoms with E-state index in [2.05, 4.69) is 11.1 Å². The quantitative estimate of drug-likeness (QED) is 0.850. The van der Waals surface area contributed by atoms with Gasteiger partial charge in [-0.1, -0.05) is 11.6 Å².